The highest BCUT2D eigenvalue weighted by atomic mass is 35.5. The van der Waals surface area contributed by atoms with Crippen LogP contribution in [0.25, 0.3) is 0 Å². The molecule has 0 aromatic rings. The number of alkyl halides is 2. The van der Waals surface area contributed by atoms with Gasteiger partial charge in [-0.25, -0.2) is 0 Å². The molecule has 0 spiro atoms. The summed E-state index contributed by atoms with van der Waals surface area (Å²) in [4.78, 5) is 13.2. The van der Waals surface area contributed by atoms with Crippen molar-refractivity contribution in [3.05, 3.63) is 0 Å². The van der Waals surface area contributed by atoms with Crippen molar-refractivity contribution < 1.29 is 9.53 Å². The van der Waals surface area contributed by atoms with E-state index in [9.17, 15) is 4.79 Å². The molecule has 0 N–H and O–H groups in total. The predicted molar refractivity (Wildman–Crippen MR) is 51.9 cm³/mol. The van der Waals surface area contributed by atoms with Crippen LogP contribution in [0.2, 0.25) is 0 Å². The molecule has 0 aromatic heterocycles. The van der Waals surface area contributed by atoms with Crippen LogP contribution < -0.4 is 0 Å². The Labute approximate surface area is 87.9 Å². The molecule has 0 aliphatic carbocycles. The SMILES string of the molecule is CCCC(Cl)(Cl)C(=O)N1CCOC1. The summed E-state index contributed by atoms with van der Waals surface area (Å²) in [6.45, 7) is 3.41. The number of amides is 1. The van der Waals surface area contributed by atoms with E-state index in [0.717, 1.165) is 6.42 Å². The molecule has 0 bridgehead atoms. The minimum atomic E-state index is -1.28. The van der Waals surface area contributed by atoms with Gasteiger partial charge in [0.1, 0.15) is 6.73 Å². The number of hydrogen-bond donors (Lipinski definition) is 0. The molecule has 0 unspecified atom stereocenters. The highest BCUT2D eigenvalue weighted by Gasteiger charge is 2.37. The van der Waals surface area contributed by atoms with Gasteiger partial charge in [-0.15, -0.1) is 0 Å². The molecule has 1 amide bonds. The van der Waals surface area contributed by atoms with Crippen LogP contribution in [0.15, 0.2) is 0 Å². The van der Waals surface area contributed by atoms with Crippen molar-refractivity contribution in [3.8, 4) is 0 Å². The first kappa shape index (κ1) is 11.1. The van der Waals surface area contributed by atoms with Gasteiger partial charge in [-0.2, -0.15) is 0 Å². The summed E-state index contributed by atoms with van der Waals surface area (Å²) in [5.41, 5.74) is 0. The Balaban J connectivity index is 2.53. The van der Waals surface area contributed by atoms with Gasteiger partial charge in [-0.3, -0.25) is 4.79 Å². The van der Waals surface area contributed by atoms with Crippen LogP contribution >= 0.6 is 23.2 Å². The summed E-state index contributed by atoms with van der Waals surface area (Å²) in [7, 11) is 0. The van der Waals surface area contributed by atoms with Crippen molar-refractivity contribution >= 4 is 29.1 Å². The molecular weight excluding hydrogens is 213 g/mol. The average Bonchev–Trinajstić information content (AvgIpc) is 2.54. The van der Waals surface area contributed by atoms with Crippen LogP contribution in [0.5, 0.6) is 0 Å². The monoisotopic (exact) mass is 225 g/mol. The standard InChI is InChI=1S/C8H13Cl2NO2/c1-2-3-8(9,10)7(12)11-4-5-13-6-11/h2-6H2,1H3. The first-order chi connectivity index (χ1) is 6.08. The van der Waals surface area contributed by atoms with Gasteiger partial charge in [-0.1, -0.05) is 36.5 Å². The topological polar surface area (TPSA) is 29.5 Å². The number of halogens is 2. The van der Waals surface area contributed by atoms with Gasteiger partial charge in [0.2, 0.25) is 0 Å². The Morgan fingerprint density at radius 2 is 2.31 bits per heavy atom. The van der Waals surface area contributed by atoms with Crippen molar-refractivity contribution in [1.29, 1.82) is 0 Å². The number of carbonyl (C=O) groups excluding carboxylic acids is 1. The predicted octanol–water partition coefficient (Wildman–Crippen LogP) is 1.78. The Morgan fingerprint density at radius 3 is 2.77 bits per heavy atom. The quantitative estimate of drug-likeness (QED) is 0.686. The Hall–Kier alpha value is 0.01000. The third kappa shape index (κ3) is 2.73. The second-order valence-electron chi connectivity index (χ2n) is 3.06. The second kappa shape index (κ2) is 4.49. The van der Waals surface area contributed by atoms with Crippen molar-refractivity contribution in [3.63, 3.8) is 0 Å². The molecule has 1 fully saturated rings. The van der Waals surface area contributed by atoms with Crippen LogP contribution in [0, 0.1) is 0 Å². The van der Waals surface area contributed by atoms with Crippen molar-refractivity contribution in [2.45, 2.75) is 24.1 Å². The lowest BCUT2D eigenvalue weighted by molar-refractivity contribution is -0.132. The van der Waals surface area contributed by atoms with E-state index in [2.05, 4.69) is 0 Å². The molecule has 0 aromatic carbocycles. The normalized spacial score (nSPS) is 17.9. The van der Waals surface area contributed by atoms with Gasteiger partial charge >= 0.3 is 0 Å². The van der Waals surface area contributed by atoms with Gasteiger partial charge in [0, 0.05) is 6.54 Å². The molecule has 1 heterocycles. The lowest BCUT2D eigenvalue weighted by atomic mass is 10.2. The van der Waals surface area contributed by atoms with Crippen LogP contribution in [0.1, 0.15) is 19.8 Å². The van der Waals surface area contributed by atoms with Crippen LogP contribution in [-0.4, -0.2) is 35.0 Å². The lowest BCUT2D eigenvalue weighted by Crippen LogP contribution is -2.40. The number of hydrogen-bond acceptors (Lipinski definition) is 2. The molecule has 1 rings (SSSR count). The van der Waals surface area contributed by atoms with Gasteiger partial charge in [0.15, 0.2) is 4.33 Å². The number of ether oxygens (including phenoxy) is 1. The zero-order valence-corrected chi connectivity index (χ0v) is 9.07. The fourth-order valence-corrected chi connectivity index (χ4v) is 1.84. The van der Waals surface area contributed by atoms with Crippen molar-refractivity contribution in [2.24, 2.45) is 0 Å². The van der Waals surface area contributed by atoms with Gasteiger partial charge < -0.3 is 9.64 Å². The van der Waals surface area contributed by atoms with Gasteiger partial charge in [-0.05, 0) is 6.42 Å². The molecule has 1 aliphatic heterocycles. The average molecular weight is 226 g/mol. The minimum Gasteiger partial charge on any atom is -0.359 e. The van der Waals surface area contributed by atoms with Crippen molar-refractivity contribution in [1.82, 2.24) is 4.90 Å². The maximum absolute atomic E-state index is 11.6. The number of carbonyl (C=O) groups is 1. The summed E-state index contributed by atoms with van der Waals surface area (Å²) in [6.07, 6.45) is 1.26. The van der Waals surface area contributed by atoms with E-state index >= 15 is 0 Å². The maximum Gasteiger partial charge on any atom is 0.260 e. The number of nitrogens with zero attached hydrogens (tertiary/aromatic N) is 1. The maximum atomic E-state index is 11.6. The minimum absolute atomic E-state index is 0.241. The third-order valence-electron chi connectivity index (χ3n) is 1.92. The molecule has 0 radical (unpaired) electrons. The first-order valence-electron chi connectivity index (χ1n) is 4.33. The lowest BCUT2D eigenvalue weighted by Gasteiger charge is -2.23. The molecule has 13 heavy (non-hydrogen) atoms. The first-order valence-corrected chi connectivity index (χ1v) is 5.08. The van der Waals surface area contributed by atoms with Crippen molar-refractivity contribution in [2.75, 3.05) is 19.9 Å². The zero-order valence-electron chi connectivity index (χ0n) is 7.56. The molecule has 1 saturated heterocycles. The summed E-state index contributed by atoms with van der Waals surface area (Å²) in [5, 5.41) is 0. The Bertz CT molecular complexity index is 191. The molecular formula is C8H13Cl2NO2. The van der Waals surface area contributed by atoms with Gasteiger partial charge in [0.25, 0.3) is 5.91 Å². The fourth-order valence-electron chi connectivity index (χ4n) is 1.23. The molecule has 3 nitrogen and oxygen atoms in total. The van der Waals surface area contributed by atoms with E-state index < -0.39 is 4.33 Å². The van der Waals surface area contributed by atoms with E-state index in [1.54, 1.807) is 0 Å². The van der Waals surface area contributed by atoms with Gasteiger partial charge in [0.05, 0.1) is 6.61 Å². The molecule has 1 aliphatic rings. The van der Waals surface area contributed by atoms with Crippen LogP contribution in [0.3, 0.4) is 0 Å². The third-order valence-corrected chi connectivity index (χ3v) is 2.62. The molecule has 5 heteroatoms. The largest absolute Gasteiger partial charge is 0.359 e. The van der Waals surface area contributed by atoms with E-state index in [1.807, 2.05) is 6.92 Å². The van der Waals surface area contributed by atoms with E-state index in [1.165, 1.54) is 4.90 Å². The van der Waals surface area contributed by atoms with Crippen LogP contribution in [-0.2, 0) is 9.53 Å². The number of rotatable bonds is 3. The van der Waals surface area contributed by atoms with E-state index in [4.69, 9.17) is 27.9 Å². The molecule has 0 atom stereocenters. The molecule has 76 valence electrons. The fraction of sp³-hybridized carbons (Fsp3) is 0.875. The Kier molecular flexibility index (Phi) is 3.83. The highest BCUT2D eigenvalue weighted by molar-refractivity contribution is 6.58. The summed E-state index contributed by atoms with van der Waals surface area (Å²) < 4.78 is 3.76. The molecule has 0 saturated carbocycles. The van der Waals surface area contributed by atoms with E-state index in [-0.39, 0.29) is 5.91 Å². The summed E-state index contributed by atoms with van der Waals surface area (Å²) in [5.74, 6) is -0.241. The summed E-state index contributed by atoms with van der Waals surface area (Å²) >= 11 is 11.8. The smallest absolute Gasteiger partial charge is 0.260 e. The Morgan fingerprint density at radius 1 is 1.62 bits per heavy atom. The second-order valence-corrected chi connectivity index (χ2v) is 4.54. The highest BCUT2D eigenvalue weighted by Crippen LogP contribution is 2.29. The van der Waals surface area contributed by atoms with E-state index in [0.29, 0.717) is 26.3 Å². The zero-order chi connectivity index (χ0) is 9.90. The summed E-state index contributed by atoms with van der Waals surface area (Å²) in [6, 6.07) is 0. The van der Waals surface area contributed by atoms with Crippen LogP contribution in [0.4, 0.5) is 0 Å².